The lowest BCUT2D eigenvalue weighted by Gasteiger charge is -2.30. The van der Waals surface area contributed by atoms with E-state index in [0.29, 0.717) is 0 Å². The van der Waals surface area contributed by atoms with Gasteiger partial charge in [0.1, 0.15) is 24.5 Å². The molecule has 0 radical (unpaired) electrons. The second kappa shape index (κ2) is 9.12. The summed E-state index contributed by atoms with van der Waals surface area (Å²) in [6.45, 7) is 1.95. The Morgan fingerprint density at radius 3 is 1.03 bits per heavy atom. The summed E-state index contributed by atoms with van der Waals surface area (Å²) in [5.74, 6) is 0. The molecule has 2 nitrogen and oxygen atoms in total. The zero-order valence-electron chi connectivity index (χ0n) is 19.7. The third-order valence-corrected chi connectivity index (χ3v) is 6.31. The average Bonchev–Trinajstić information content (AvgIpc) is 2.80. The first-order valence-corrected chi connectivity index (χ1v) is 11.3. The molecule has 0 aliphatic carbocycles. The summed E-state index contributed by atoms with van der Waals surface area (Å²) in [4.78, 5) is 0. The Labute approximate surface area is 193 Å². The van der Waals surface area contributed by atoms with Gasteiger partial charge in [0.2, 0.25) is 0 Å². The first kappa shape index (κ1) is 22.0. The lowest BCUT2D eigenvalue weighted by atomic mass is 10.0. The van der Waals surface area contributed by atoms with Crippen molar-refractivity contribution in [2.45, 2.75) is 13.1 Å². The van der Waals surface area contributed by atoms with Gasteiger partial charge in [0.05, 0.1) is 28.2 Å². The van der Waals surface area contributed by atoms with E-state index in [1.54, 1.807) is 0 Å². The molecule has 0 saturated carbocycles. The van der Waals surface area contributed by atoms with Crippen molar-refractivity contribution in [1.29, 1.82) is 0 Å². The molecule has 2 heteroatoms. The van der Waals surface area contributed by atoms with Gasteiger partial charge in [-0.2, -0.15) is 0 Å². The van der Waals surface area contributed by atoms with Crippen molar-refractivity contribution in [3.05, 3.63) is 120 Å². The van der Waals surface area contributed by atoms with Crippen LogP contribution in [0.2, 0.25) is 0 Å². The highest BCUT2D eigenvalue weighted by atomic mass is 15.3. The number of hydrogen-bond donors (Lipinski definition) is 0. The van der Waals surface area contributed by atoms with Crippen LogP contribution in [0.25, 0.3) is 11.1 Å². The summed E-state index contributed by atoms with van der Waals surface area (Å²) in [5.41, 5.74) is 7.85. The van der Waals surface area contributed by atoms with Crippen LogP contribution in [0, 0.1) is 0 Å². The number of rotatable bonds is 7. The fourth-order valence-electron chi connectivity index (χ4n) is 4.38. The van der Waals surface area contributed by atoms with Gasteiger partial charge in [0, 0.05) is 11.1 Å². The van der Waals surface area contributed by atoms with Crippen LogP contribution in [0.1, 0.15) is 11.1 Å². The highest BCUT2D eigenvalue weighted by Crippen LogP contribution is 2.29. The second-order valence-corrected chi connectivity index (χ2v) is 9.75. The fourth-order valence-corrected chi connectivity index (χ4v) is 4.38. The van der Waals surface area contributed by atoms with E-state index in [-0.39, 0.29) is 0 Å². The molecule has 0 bridgehead atoms. The Bertz CT molecular complexity index is 1030. The van der Waals surface area contributed by atoms with Gasteiger partial charge in [0.25, 0.3) is 0 Å². The lowest BCUT2D eigenvalue weighted by Crippen LogP contribution is -2.39. The smallest absolute Gasteiger partial charge is 0.132 e. The highest BCUT2D eigenvalue weighted by Gasteiger charge is 2.21. The molecule has 4 aromatic rings. The summed E-state index contributed by atoms with van der Waals surface area (Å²) in [6, 6.07) is 39.5. The standard InChI is InChI=1S/C30H34N2/c1-31(2,23-25-11-7-5-8-12-25)29-19-15-27(16-20-29)28-17-21-30(22-18-28)32(3,4)24-26-13-9-6-10-14-26/h5-22H,23-24H2,1-4H3/q+2. The molecular weight excluding hydrogens is 388 g/mol. The number of nitrogens with zero attached hydrogens (tertiary/aromatic N) is 2. The zero-order chi connectivity index (χ0) is 22.6. The maximum atomic E-state index is 2.27. The summed E-state index contributed by atoms with van der Waals surface area (Å²) in [7, 11) is 9.07. The van der Waals surface area contributed by atoms with Crippen LogP contribution in [0.5, 0.6) is 0 Å². The summed E-state index contributed by atoms with van der Waals surface area (Å²) >= 11 is 0. The first-order valence-electron chi connectivity index (χ1n) is 11.3. The monoisotopic (exact) mass is 422 g/mol. The van der Waals surface area contributed by atoms with Gasteiger partial charge < -0.3 is 0 Å². The molecule has 162 valence electrons. The molecule has 4 aromatic carbocycles. The molecule has 0 atom stereocenters. The topological polar surface area (TPSA) is 0 Å². The fraction of sp³-hybridized carbons (Fsp3) is 0.200. The van der Waals surface area contributed by atoms with Gasteiger partial charge in [0.15, 0.2) is 0 Å². The van der Waals surface area contributed by atoms with Crippen molar-refractivity contribution >= 4 is 11.4 Å². The van der Waals surface area contributed by atoms with Crippen LogP contribution < -0.4 is 8.97 Å². The molecule has 0 unspecified atom stereocenters. The minimum Gasteiger partial charge on any atom is -0.292 e. The van der Waals surface area contributed by atoms with E-state index in [1.807, 2.05) is 0 Å². The molecule has 0 saturated heterocycles. The van der Waals surface area contributed by atoms with Gasteiger partial charge in [-0.3, -0.25) is 8.97 Å². The van der Waals surface area contributed by atoms with Gasteiger partial charge in [-0.1, -0.05) is 60.7 Å². The largest absolute Gasteiger partial charge is 0.292 e. The molecule has 0 fully saturated rings. The molecule has 0 N–H and O–H groups in total. The van der Waals surface area contributed by atoms with Gasteiger partial charge in [-0.25, -0.2) is 0 Å². The highest BCUT2D eigenvalue weighted by molar-refractivity contribution is 5.67. The van der Waals surface area contributed by atoms with Crippen molar-refractivity contribution < 1.29 is 0 Å². The van der Waals surface area contributed by atoms with Crippen molar-refractivity contribution in [2.24, 2.45) is 0 Å². The maximum Gasteiger partial charge on any atom is 0.132 e. The van der Waals surface area contributed by atoms with E-state index in [2.05, 4.69) is 137 Å². The van der Waals surface area contributed by atoms with Gasteiger partial charge in [-0.15, -0.1) is 0 Å². The number of benzene rings is 4. The van der Waals surface area contributed by atoms with Crippen LogP contribution in [-0.2, 0) is 13.1 Å². The molecule has 0 aromatic heterocycles. The molecule has 4 rings (SSSR count). The molecule has 0 amide bonds. The third-order valence-electron chi connectivity index (χ3n) is 6.31. The molecule has 0 heterocycles. The van der Waals surface area contributed by atoms with Crippen molar-refractivity contribution in [1.82, 2.24) is 8.97 Å². The number of quaternary nitrogens is 2. The van der Waals surface area contributed by atoms with Crippen LogP contribution >= 0.6 is 0 Å². The SMILES string of the molecule is C[N+](C)(Cc1ccccc1)c1ccc(-c2ccc([N+](C)(C)Cc3ccccc3)cc2)cc1. The minimum atomic E-state index is 0.828. The van der Waals surface area contributed by atoms with Crippen molar-refractivity contribution in [2.75, 3.05) is 28.2 Å². The van der Waals surface area contributed by atoms with Gasteiger partial charge >= 0.3 is 0 Å². The van der Waals surface area contributed by atoms with Crippen LogP contribution in [0.4, 0.5) is 11.4 Å². The summed E-state index contributed by atoms with van der Waals surface area (Å²) < 4.78 is 1.66. The molecule has 32 heavy (non-hydrogen) atoms. The van der Waals surface area contributed by atoms with E-state index >= 15 is 0 Å². The Balaban J connectivity index is 1.48. The second-order valence-electron chi connectivity index (χ2n) is 9.75. The Morgan fingerprint density at radius 2 is 0.719 bits per heavy atom. The Kier molecular flexibility index (Phi) is 6.27. The normalized spacial score (nSPS) is 12.0. The van der Waals surface area contributed by atoms with Crippen LogP contribution in [0.15, 0.2) is 109 Å². The lowest BCUT2D eigenvalue weighted by molar-refractivity contribution is 0.392. The average molecular weight is 423 g/mol. The molecule has 0 aliphatic heterocycles. The Hall–Kier alpha value is -3.20. The van der Waals surface area contributed by atoms with Crippen LogP contribution in [-0.4, -0.2) is 28.2 Å². The third kappa shape index (κ3) is 5.16. The van der Waals surface area contributed by atoms with E-state index in [0.717, 1.165) is 22.1 Å². The van der Waals surface area contributed by atoms with E-state index < -0.39 is 0 Å². The maximum absolute atomic E-state index is 2.27. The summed E-state index contributed by atoms with van der Waals surface area (Å²) in [6.07, 6.45) is 0. The molecule has 0 aliphatic rings. The van der Waals surface area contributed by atoms with Gasteiger partial charge in [-0.05, 0) is 59.7 Å². The van der Waals surface area contributed by atoms with E-state index in [9.17, 15) is 0 Å². The van der Waals surface area contributed by atoms with E-state index in [1.165, 1.54) is 33.6 Å². The first-order chi connectivity index (χ1) is 15.3. The van der Waals surface area contributed by atoms with E-state index in [4.69, 9.17) is 0 Å². The predicted molar refractivity (Wildman–Crippen MR) is 139 cm³/mol. The minimum absolute atomic E-state index is 0.828. The van der Waals surface area contributed by atoms with Crippen LogP contribution in [0.3, 0.4) is 0 Å². The van der Waals surface area contributed by atoms with Crippen molar-refractivity contribution in [3.8, 4) is 11.1 Å². The summed E-state index contributed by atoms with van der Waals surface area (Å²) in [5, 5.41) is 0. The quantitative estimate of drug-likeness (QED) is 0.285. The van der Waals surface area contributed by atoms with Crippen molar-refractivity contribution in [3.63, 3.8) is 0 Å². The molecule has 0 spiro atoms. The predicted octanol–water partition coefficient (Wildman–Crippen LogP) is 6.89. The Morgan fingerprint density at radius 1 is 0.406 bits per heavy atom. The number of hydrogen-bond acceptors (Lipinski definition) is 0. The molecular formula is C30H34N2+2. The zero-order valence-corrected chi connectivity index (χ0v) is 19.7.